The highest BCUT2D eigenvalue weighted by Crippen LogP contribution is 2.24. The van der Waals surface area contributed by atoms with E-state index in [0.29, 0.717) is 0 Å². The molecule has 2 rings (SSSR count). The molecule has 1 heterocycles. The Morgan fingerprint density at radius 1 is 1.61 bits per heavy atom. The van der Waals surface area contributed by atoms with E-state index in [1.165, 1.54) is 0 Å². The number of hydrogen-bond donors (Lipinski definition) is 3. The molecule has 5 nitrogen and oxygen atoms in total. The molecular formula is C13H18N2O3. The molecule has 0 aromatic heterocycles. The van der Waals surface area contributed by atoms with E-state index >= 15 is 0 Å². The predicted octanol–water partition coefficient (Wildman–Crippen LogP) is 1.27. The third-order valence-corrected chi connectivity index (χ3v) is 3.19. The summed E-state index contributed by atoms with van der Waals surface area (Å²) in [5, 5.41) is 12.6. The summed E-state index contributed by atoms with van der Waals surface area (Å²) < 4.78 is 5.50. The highest BCUT2D eigenvalue weighted by Gasteiger charge is 2.24. The van der Waals surface area contributed by atoms with Crippen molar-refractivity contribution in [1.29, 1.82) is 0 Å². The van der Waals surface area contributed by atoms with Crippen LogP contribution in [0, 0.1) is 0 Å². The number of anilines is 1. The minimum absolute atomic E-state index is 0.0529. The number of phenols is 1. The highest BCUT2D eigenvalue weighted by atomic mass is 16.5. The van der Waals surface area contributed by atoms with Crippen molar-refractivity contribution in [2.24, 2.45) is 0 Å². The summed E-state index contributed by atoms with van der Waals surface area (Å²) in [6, 6.07) is 4.65. The van der Waals surface area contributed by atoms with E-state index < -0.39 is 0 Å². The molecule has 1 amide bonds. The molecule has 2 unspecified atom stereocenters. The number of carbonyl (C=O) groups excluding carboxylic acids is 1. The molecule has 0 radical (unpaired) electrons. The van der Waals surface area contributed by atoms with Crippen LogP contribution in [0.5, 0.6) is 5.75 Å². The van der Waals surface area contributed by atoms with Crippen molar-refractivity contribution in [2.45, 2.75) is 31.9 Å². The minimum atomic E-state index is -0.331. The van der Waals surface area contributed by atoms with E-state index in [9.17, 15) is 9.90 Å². The van der Waals surface area contributed by atoms with E-state index in [0.717, 1.165) is 19.4 Å². The van der Waals surface area contributed by atoms with Gasteiger partial charge in [0.25, 0.3) is 5.91 Å². The molecule has 0 bridgehead atoms. The first-order valence-corrected chi connectivity index (χ1v) is 6.09. The van der Waals surface area contributed by atoms with Crippen LogP contribution in [0.15, 0.2) is 18.2 Å². The molecule has 1 saturated heterocycles. The molecule has 1 aromatic rings. The van der Waals surface area contributed by atoms with Crippen LogP contribution in [0.2, 0.25) is 0 Å². The molecule has 0 aliphatic carbocycles. The summed E-state index contributed by atoms with van der Waals surface area (Å²) in [6.45, 7) is 2.64. The maximum absolute atomic E-state index is 12.0. The number of rotatable bonds is 3. The Kier molecular flexibility index (Phi) is 3.72. The third-order valence-electron chi connectivity index (χ3n) is 3.19. The average molecular weight is 250 g/mol. The van der Waals surface area contributed by atoms with Gasteiger partial charge in [-0.15, -0.1) is 0 Å². The van der Waals surface area contributed by atoms with E-state index in [4.69, 9.17) is 10.5 Å². The number of hydrogen-bond acceptors (Lipinski definition) is 4. The maximum Gasteiger partial charge on any atom is 0.255 e. The monoisotopic (exact) mass is 250 g/mol. The number of para-hydroxylation sites is 1. The molecule has 1 aliphatic heterocycles. The number of ether oxygens (including phenoxy) is 1. The SMILES string of the molecule is CC(NC(=O)c1cccc(N)c1O)C1CCCO1. The van der Waals surface area contributed by atoms with Gasteiger partial charge in [0.05, 0.1) is 23.4 Å². The summed E-state index contributed by atoms with van der Waals surface area (Å²) >= 11 is 0. The van der Waals surface area contributed by atoms with Gasteiger partial charge in [0.2, 0.25) is 0 Å². The second-order valence-electron chi connectivity index (χ2n) is 4.56. The summed E-state index contributed by atoms with van der Waals surface area (Å²) in [4.78, 5) is 12.0. The fourth-order valence-corrected chi connectivity index (χ4v) is 2.12. The lowest BCUT2D eigenvalue weighted by molar-refractivity contribution is 0.0711. The minimum Gasteiger partial charge on any atom is -0.505 e. The van der Waals surface area contributed by atoms with Crippen molar-refractivity contribution in [2.75, 3.05) is 12.3 Å². The van der Waals surface area contributed by atoms with Crippen LogP contribution in [0.25, 0.3) is 0 Å². The van der Waals surface area contributed by atoms with Crippen molar-refractivity contribution in [3.05, 3.63) is 23.8 Å². The Morgan fingerprint density at radius 2 is 2.39 bits per heavy atom. The Labute approximate surface area is 106 Å². The van der Waals surface area contributed by atoms with E-state index in [1.807, 2.05) is 6.92 Å². The number of carbonyl (C=O) groups is 1. The predicted molar refractivity (Wildman–Crippen MR) is 68.4 cm³/mol. The van der Waals surface area contributed by atoms with Crippen LogP contribution >= 0.6 is 0 Å². The fraction of sp³-hybridized carbons (Fsp3) is 0.462. The van der Waals surface area contributed by atoms with Crippen LogP contribution in [0.3, 0.4) is 0 Å². The lowest BCUT2D eigenvalue weighted by atomic mass is 10.1. The second-order valence-corrected chi connectivity index (χ2v) is 4.56. The Balaban J connectivity index is 2.05. The van der Waals surface area contributed by atoms with Gasteiger partial charge in [0.15, 0.2) is 5.75 Å². The van der Waals surface area contributed by atoms with Crippen molar-refractivity contribution < 1.29 is 14.6 Å². The Hall–Kier alpha value is -1.75. The number of aromatic hydroxyl groups is 1. The van der Waals surface area contributed by atoms with E-state index in [2.05, 4.69) is 5.32 Å². The van der Waals surface area contributed by atoms with Gasteiger partial charge in [-0.05, 0) is 31.9 Å². The first-order valence-electron chi connectivity index (χ1n) is 6.09. The largest absolute Gasteiger partial charge is 0.505 e. The van der Waals surface area contributed by atoms with Crippen LogP contribution in [0.1, 0.15) is 30.1 Å². The number of nitrogens with two attached hydrogens (primary N) is 1. The molecule has 2 atom stereocenters. The van der Waals surface area contributed by atoms with Crippen molar-refractivity contribution in [1.82, 2.24) is 5.32 Å². The van der Waals surface area contributed by atoms with Gasteiger partial charge in [-0.1, -0.05) is 6.07 Å². The standard InChI is InChI=1S/C13H18N2O3/c1-8(11-6-3-7-18-11)15-13(17)9-4-2-5-10(14)12(9)16/h2,4-5,8,11,16H,3,6-7,14H2,1H3,(H,15,17). The molecule has 98 valence electrons. The summed E-state index contributed by atoms with van der Waals surface area (Å²) in [5.41, 5.74) is 5.95. The van der Waals surface area contributed by atoms with Gasteiger partial charge in [-0.2, -0.15) is 0 Å². The lowest BCUT2D eigenvalue weighted by Crippen LogP contribution is -2.40. The summed E-state index contributed by atoms with van der Waals surface area (Å²) in [7, 11) is 0. The van der Waals surface area contributed by atoms with Crippen molar-refractivity contribution in [3.63, 3.8) is 0 Å². The average Bonchev–Trinajstić information content (AvgIpc) is 2.86. The van der Waals surface area contributed by atoms with E-state index in [1.54, 1.807) is 18.2 Å². The molecule has 1 aromatic carbocycles. The van der Waals surface area contributed by atoms with Gasteiger partial charge in [0.1, 0.15) is 0 Å². The smallest absolute Gasteiger partial charge is 0.255 e. The molecular weight excluding hydrogens is 232 g/mol. The summed E-state index contributed by atoms with van der Waals surface area (Å²) in [5.74, 6) is -0.502. The van der Waals surface area contributed by atoms with Gasteiger partial charge in [-0.25, -0.2) is 0 Å². The third kappa shape index (κ3) is 2.56. The van der Waals surface area contributed by atoms with Crippen molar-refractivity contribution >= 4 is 11.6 Å². The lowest BCUT2D eigenvalue weighted by Gasteiger charge is -2.20. The number of nitrogens with one attached hydrogen (secondary N) is 1. The number of benzene rings is 1. The second kappa shape index (κ2) is 5.27. The van der Waals surface area contributed by atoms with Crippen LogP contribution in [-0.4, -0.2) is 29.8 Å². The van der Waals surface area contributed by atoms with Crippen LogP contribution in [0.4, 0.5) is 5.69 Å². The molecule has 5 heteroatoms. The molecule has 1 fully saturated rings. The zero-order valence-corrected chi connectivity index (χ0v) is 10.3. The van der Waals surface area contributed by atoms with Crippen LogP contribution in [-0.2, 0) is 4.74 Å². The zero-order valence-electron chi connectivity index (χ0n) is 10.3. The molecule has 18 heavy (non-hydrogen) atoms. The van der Waals surface area contributed by atoms with Gasteiger partial charge < -0.3 is 20.9 Å². The highest BCUT2D eigenvalue weighted by molar-refractivity contribution is 5.98. The Morgan fingerprint density at radius 3 is 3.06 bits per heavy atom. The maximum atomic E-state index is 12.0. The molecule has 1 aliphatic rings. The first kappa shape index (κ1) is 12.7. The molecule has 0 spiro atoms. The summed E-state index contributed by atoms with van der Waals surface area (Å²) in [6.07, 6.45) is 2.02. The van der Waals surface area contributed by atoms with E-state index in [-0.39, 0.29) is 35.1 Å². The Bertz CT molecular complexity index is 442. The molecule has 0 saturated carbocycles. The topological polar surface area (TPSA) is 84.6 Å². The quantitative estimate of drug-likeness (QED) is 0.557. The fourth-order valence-electron chi connectivity index (χ4n) is 2.12. The van der Waals surface area contributed by atoms with Crippen molar-refractivity contribution in [3.8, 4) is 5.75 Å². The van der Waals surface area contributed by atoms with Gasteiger partial charge in [0, 0.05) is 6.61 Å². The molecule has 4 N–H and O–H groups in total. The zero-order chi connectivity index (χ0) is 13.1. The van der Waals surface area contributed by atoms with Gasteiger partial charge >= 0.3 is 0 Å². The number of amides is 1. The first-order chi connectivity index (χ1) is 8.59. The normalized spacial score (nSPS) is 20.6. The van der Waals surface area contributed by atoms with Gasteiger partial charge in [-0.3, -0.25) is 4.79 Å². The van der Waals surface area contributed by atoms with Crippen LogP contribution < -0.4 is 11.1 Å². The number of nitrogen functional groups attached to an aromatic ring is 1. The number of phenolic OH excluding ortho intramolecular Hbond substituents is 1.